The molecule has 0 radical (unpaired) electrons. The number of nitrogens with zero attached hydrogens (tertiary/aromatic N) is 2. The van der Waals surface area contributed by atoms with Gasteiger partial charge in [-0.15, -0.1) is 11.3 Å². The monoisotopic (exact) mass is 568 g/mol. The van der Waals surface area contributed by atoms with Gasteiger partial charge in [0.25, 0.3) is 11.8 Å². The van der Waals surface area contributed by atoms with Gasteiger partial charge in [0, 0.05) is 11.9 Å². The minimum Gasteiger partial charge on any atom is -0.464 e. The third-order valence-corrected chi connectivity index (χ3v) is 7.48. The summed E-state index contributed by atoms with van der Waals surface area (Å²) in [4.78, 5) is 56.0. The van der Waals surface area contributed by atoms with Crippen LogP contribution in [0, 0.1) is 12.8 Å². The topological polar surface area (TPSA) is 155 Å². The van der Waals surface area contributed by atoms with Crippen molar-refractivity contribution in [3.05, 3.63) is 62.9 Å². The molecule has 13 heteroatoms. The standard InChI is InChI=1S/C26H28N6O5S2/c1-14(2)13-37-25(36)19(12-27-23(34)20-8-5-9-38-20)30-24(35)22-15(3)29-26(39-22)31-21(33)10-16-6-4-7-18-17(16)11-28-32-18/h4-9,11,14,19H,10,12-13H2,1-3H3,(H,27,34)(H,28,32)(H,30,35)(H,29,31,33)/t19-/m0/s1. The molecule has 3 aromatic heterocycles. The number of nitrogens with one attached hydrogen (secondary N) is 4. The van der Waals surface area contributed by atoms with Crippen LogP contribution < -0.4 is 16.0 Å². The summed E-state index contributed by atoms with van der Waals surface area (Å²) >= 11 is 2.26. The number of anilines is 1. The maximum atomic E-state index is 13.1. The van der Waals surface area contributed by atoms with Crippen molar-refractivity contribution in [1.82, 2.24) is 25.8 Å². The van der Waals surface area contributed by atoms with Gasteiger partial charge in [-0.25, -0.2) is 9.78 Å². The second-order valence-corrected chi connectivity index (χ2v) is 11.1. The number of aromatic nitrogens is 3. The first kappa shape index (κ1) is 27.9. The maximum Gasteiger partial charge on any atom is 0.330 e. The van der Waals surface area contributed by atoms with Crippen molar-refractivity contribution in [1.29, 1.82) is 0 Å². The van der Waals surface area contributed by atoms with Crippen LogP contribution in [0.1, 0.15) is 44.4 Å². The Morgan fingerprint density at radius 2 is 1.92 bits per heavy atom. The average Bonchev–Trinajstić information content (AvgIpc) is 3.66. The molecule has 1 aromatic carbocycles. The number of H-pyrrole nitrogens is 1. The lowest BCUT2D eigenvalue weighted by Gasteiger charge is -2.18. The van der Waals surface area contributed by atoms with Gasteiger partial charge in [0.15, 0.2) is 5.13 Å². The van der Waals surface area contributed by atoms with Crippen molar-refractivity contribution in [2.75, 3.05) is 18.5 Å². The second-order valence-electron chi connectivity index (χ2n) is 9.14. The minimum absolute atomic E-state index is 0.0985. The molecular weight excluding hydrogens is 540 g/mol. The summed E-state index contributed by atoms with van der Waals surface area (Å²) in [5.74, 6) is -1.78. The smallest absolute Gasteiger partial charge is 0.330 e. The molecule has 0 saturated carbocycles. The summed E-state index contributed by atoms with van der Waals surface area (Å²) in [5.41, 5.74) is 2.02. The maximum absolute atomic E-state index is 13.1. The number of esters is 1. The van der Waals surface area contributed by atoms with Crippen molar-refractivity contribution < 1.29 is 23.9 Å². The van der Waals surface area contributed by atoms with Gasteiger partial charge in [-0.1, -0.05) is 43.4 Å². The van der Waals surface area contributed by atoms with E-state index in [1.54, 1.807) is 30.6 Å². The zero-order valence-corrected chi connectivity index (χ0v) is 23.2. The van der Waals surface area contributed by atoms with Gasteiger partial charge in [0.2, 0.25) is 5.91 Å². The number of amides is 3. The first-order valence-corrected chi connectivity index (χ1v) is 13.9. The van der Waals surface area contributed by atoms with E-state index in [0.29, 0.717) is 10.6 Å². The highest BCUT2D eigenvalue weighted by molar-refractivity contribution is 7.17. The van der Waals surface area contributed by atoms with Crippen LogP contribution in [0.25, 0.3) is 10.9 Å². The van der Waals surface area contributed by atoms with Crippen molar-refractivity contribution in [2.24, 2.45) is 5.92 Å². The third kappa shape index (κ3) is 7.27. The molecule has 11 nitrogen and oxygen atoms in total. The number of hydrogen-bond acceptors (Lipinski definition) is 9. The van der Waals surface area contributed by atoms with Crippen LogP contribution in [-0.2, 0) is 20.7 Å². The Bertz CT molecular complexity index is 1480. The van der Waals surface area contributed by atoms with Crippen LogP contribution in [0.5, 0.6) is 0 Å². The highest BCUT2D eigenvalue weighted by atomic mass is 32.1. The van der Waals surface area contributed by atoms with E-state index >= 15 is 0 Å². The molecule has 204 valence electrons. The first-order valence-electron chi connectivity index (χ1n) is 12.2. The van der Waals surface area contributed by atoms with E-state index in [2.05, 4.69) is 31.1 Å². The number of aromatic amines is 1. The molecule has 4 rings (SSSR count). The first-order chi connectivity index (χ1) is 18.7. The largest absolute Gasteiger partial charge is 0.464 e. The molecule has 1 atom stereocenters. The van der Waals surface area contributed by atoms with Crippen LogP contribution in [0.4, 0.5) is 5.13 Å². The number of hydrogen-bond donors (Lipinski definition) is 4. The fourth-order valence-electron chi connectivity index (χ4n) is 3.64. The van der Waals surface area contributed by atoms with Crippen molar-refractivity contribution in [3.8, 4) is 0 Å². The number of thiophene rings is 1. The van der Waals surface area contributed by atoms with Gasteiger partial charge in [-0.2, -0.15) is 5.10 Å². The average molecular weight is 569 g/mol. The summed E-state index contributed by atoms with van der Waals surface area (Å²) < 4.78 is 5.32. The van der Waals surface area contributed by atoms with Gasteiger partial charge >= 0.3 is 5.97 Å². The highest BCUT2D eigenvalue weighted by Gasteiger charge is 2.26. The number of fused-ring (bicyclic) bond motifs is 1. The molecule has 0 saturated heterocycles. The molecule has 4 N–H and O–H groups in total. The van der Waals surface area contributed by atoms with Crippen molar-refractivity contribution >= 4 is 62.4 Å². The molecule has 39 heavy (non-hydrogen) atoms. The number of aryl methyl sites for hydroxylation is 1. The van der Waals surface area contributed by atoms with E-state index in [-0.39, 0.29) is 47.3 Å². The van der Waals surface area contributed by atoms with Crippen LogP contribution in [0.2, 0.25) is 0 Å². The number of thiazole rings is 1. The minimum atomic E-state index is -1.12. The Morgan fingerprint density at radius 1 is 1.10 bits per heavy atom. The third-order valence-electron chi connectivity index (χ3n) is 5.54. The lowest BCUT2D eigenvalue weighted by molar-refractivity contribution is -0.146. The molecule has 0 aliphatic carbocycles. The molecule has 3 amide bonds. The lowest BCUT2D eigenvalue weighted by atomic mass is 10.1. The van der Waals surface area contributed by atoms with E-state index in [0.717, 1.165) is 27.8 Å². The molecular formula is C26H28N6O5S2. The molecule has 0 fully saturated rings. The number of carbonyl (C=O) groups excluding carboxylic acids is 4. The summed E-state index contributed by atoms with van der Waals surface area (Å²) in [7, 11) is 0. The molecule has 3 heterocycles. The fourth-order valence-corrected chi connectivity index (χ4v) is 5.16. The number of benzene rings is 1. The van der Waals surface area contributed by atoms with E-state index in [4.69, 9.17) is 4.74 Å². The second kappa shape index (κ2) is 12.6. The van der Waals surface area contributed by atoms with Gasteiger partial charge in [-0.3, -0.25) is 19.5 Å². The molecule has 0 bridgehead atoms. The Balaban J connectivity index is 1.41. The Labute approximate surface area is 232 Å². The molecule has 0 aliphatic heterocycles. The van der Waals surface area contributed by atoms with Crippen molar-refractivity contribution in [3.63, 3.8) is 0 Å². The van der Waals surface area contributed by atoms with Crippen LogP contribution in [-0.4, -0.2) is 58.1 Å². The fraction of sp³-hybridized carbons (Fsp3) is 0.308. The Kier molecular flexibility index (Phi) is 9.04. The predicted molar refractivity (Wildman–Crippen MR) is 149 cm³/mol. The van der Waals surface area contributed by atoms with Gasteiger partial charge in [0.1, 0.15) is 10.9 Å². The summed E-state index contributed by atoms with van der Waals surface area (Å²) in [5, 5.41) is 17.8. The van der Waals surface area contributed by atoms with E-state index in [9.17, 15) is 19.2 Å². The normalized spacial score (nSPS) is 11.8. The van der Waals surface area contributed by atoms with Crippen molar-refractivity contribution in [2.45, 2.75) is 33.2 Å². The predicted octanol–water partition coefficient (Wildman–Crippen LogP) is 3.30. The summed E-state index contributed by atoms with van der Waals surface area (Å²) in [6.07, 6.45) is 1.77. The Hall–Kier alpha value is -4.10. The number of rotatable bonds is 11. The van der Waals surface area contributed by atoms with Gasteiger partial charge in [-0.05, 0) is 35.9 Å². The lowest BCUT2D eigenvalue weighted by Crippen LogP contribution is -2.49. The van der Waals surface area contributed by atoms with E-state index < -0.39 is 17.9 Å². The zero-order valence-electron chi connectivity index (χ0n) is 21.6. The number of ether oxygens (including phenoxy) is 1. The van der Waals surface area contributed by atoms with Gasteiger partial charge in [0.05, 0.1) is 35.3 Å². The Morgan fingerprint density at radius 3 is 2.67 bits per heavy atom. The quantitative estimate of drug-likeness (QED) is 0.202. The summed E-state index contributed by atoms with van der Waals surface area (Å²) in [6, 6.07) is 7.85. The number of carbonyl (C=O) groups is 4. The SMILES string of the molecule is Cc1nc(NC(=O)Cc2cccc3[nH]ncc23)sc1C(=O)N[C@@H](CNC(=O)c1cccs1)C(=O)OCC(C)C. The zero-order chi connectivity index (χ0) is 27.9. The van der Waals surface area contributed by atoms with Crippen LogP contribution >= 0.6 is 22.7 Å². The van der Waals surface area contributed by atoms with Crippen LogP contribution in [0.15, 0.2) is 41.9 Å². The van der Waals surface area contributed by atoms with E-state index in [1.807, 2.05) is 32.0 Å². The summed E-state index contributed by atoms with van der Waals surface area (Å²) in [6.45, 7) is 5.45. The molecule has 0 unspecified atom stereocenters. The van der Waals surface area contributed by atoms with E-state index in [1.165, 1.54) is 11.3 Å². The molecule has 0 spiro atoms. The molecule has 4 aromatic rings. The molecule has 0 aliphatic rings. The van der Waals surface area contributed by atoms with Gasteiger partial charge < -0.3 is 20.7 Å². The highest BCUT2D eigenvalue weighted by Crippen LogP contribution is 2.24. The van der Waals surface area contributed by atoms with Crippen LogP contribution in [0.3, 0.4) is 0 Å².